The molecule has 2 N–H and O–H groups in total. The highest BCUT2D eigenvalue weighted by Crippen LogP contribution is 2.33. The number of piperidine rings is 1. The van der Waals surface area contributed by atoms with Gasteiger partial charge in [0.2, 0.25) is 5.91 Å². The number of carbonyl (C=O) groups is 2. The summed E-state index contributed by atoms with van der Waals surface area (Å²) in [6.45, 7) is 1.73. The van der Waals surface area contributed by atoms with Crippen molar-refractivity contribution < 1.29 is 19.4 Å². The molecule has 1 amide bonds. The fourth-order valence-corrected chi connectivity index (χ4v) is 3.97. The summed E-state index contributed by atoms with van der Waals surface area (Å²) in [6.07, 6.45) is 2.62. The third-order valence-corrected chi connectivity index (χ3v) is 5.52. The van der Waals surface area contributed by atoms with Crippen molar-refractivity contribution in [1.29, 1.82) is 0 Å². The van der Waals surface area contributed by atoms with E-state index in [0.29, 0.717) is 32.6 Å². The summed E-state index contributed by atoms with van der Waals surface area (Å²) in [7, 11) is 1.78. The Bertz CT molecular complexity index is 613. The zero-order chi connectivity index (χ0) is 17.9. The topological polar surface area (TPSA) is 78.9 Å². The summed E-state index contributed by atoms with van der Waals surface area (Å²) < 4.78 is 5.51. The number of rotatable bonds is 4. The number of carbonyl (C=O) groups excluding carboxylic acids is 1. The van der Waals surface area contributed by atoms with Crippen molar-refractivity contribution in [2.45, 2.75) is 37.3 Å². The average molecular weight is 346 g/mol. The maximum atomic E-state index is 12.9. The number of ether oxygens (including phenoxy) is 1. The van der Waals surface area contributed by atoms with E-state index in [2.05, 4.69) is 17.4 Å². The molecular weight excluding hydrogens is 320 g/mol. The van der Waals surface area contributed by atoms with Crippen LogP contribution in [0, 0.1) is 5.92 Å². The van der Waals surface area contributed by atoms with E-state index in [1.54, 1.807) is 11.9 Å². The summed E-state index contributed by atoms with van der Waals surface area (Å²) in [5.41, 5.74) is 0.720. The first-order valence-electron chi connectivity index (χ1n) is 8.90. The van der Waals surface area contributed by atoms with E-state index in [4.69, 9.17) is 4.74 Å². The van der Waals surface area contributed by atoms with Crippen LogP contribution >= 0.6 is 0 Å². The van der Waals surface area contributed by atoms with Crippen molar-refractivity contribution in [3.8, 4) is 0 Å². The predicted octanol–water partition coefficient (Wildman–Crippen LogP) is 1.60. The number of likely N-dealkylation sites (tertiary alicyclic amines) is 1. The molecule has 6 nitrogen and oxygen atoms in total. The molecule has 2 aliphatic rings. The summed E-state index contributed by atoms with van der Waals surface area (Å²) in [5.74, 6) is -0.975. The molecule has 6 heteroatoms. The van der Waals surface area contributed by atoms with E-state index in [1.165, 1.54) is 0 Å². The molecule has 0 radical (unpaired) electrons. The van der Waals surface area contributed by atoms with Gasteiger partial charge in [0.05, 0.1) is 11.5 Å². The molecule has 1 aromatic carbocycles. The Hall–Kier alpha value is -1.92. The van der Waals surface area contributed by atoms with Gasteiger partial charge in [0.25, 0.3) is 0 Å². The number of amides is 1. The van der Waals surface area contributed by atoms with Crippen molar-refractivity contribution in [3.05, 3.63) is 35.9 Å². The number of hydrogen-bond donors (Lipinski definition) is 2. The molecule has 1 aromatic rings. The first-order valence-corrected chi connectivity index (χ1v) is 8.90. The van der Waals surface area contributed by atoms with Crippen LogP contribution < -0.4 is 5.32 Å². The van der Waals surface area contributed by atoms with E-state index >= 15 is 0 Å². The summed E-state index contributed by atoms with van der Waals surface area (Å²) in [5, 5.41) is 12.5. The van der Waals surface area contributed by atoms with Gasteiger partial charge in [-0.15, -0.1) is 0 Å². The van der Waals surface area contributed by atoms with Crippen molar-refractivity contribution in [2.75, 3.05) is 26.8 Å². The van der Waals surface area contributed by atoms with E-state index in [-0.39, 0.29) is 11.8 Å². The third-order valence-electron chi connectivity index (χ3n) is 5.52. The van der Waals surface area contributed by atoms with Crippen LogP contribution in [0.2, 0.25) is 0 Å². The minimum atomic E-state index is -0.813. The number of nitrogens with one attached hydrogen (secondary N) is 1. The first kappa shape index (κ1) is 17.9. The molecule has 2 saturated heterocycles. The Labute approximate surface area is 148 Å². The van der Waals surface area contributed by atoms with Gasteiger partial charge in [-0.1, -0.05) is 30.3 Å². The smallest absolute Gasteiger partial charge is 0.320 e. The monoisotopic (exact) mass is 346 g/mol. The van der Waals surface area contributed by atoms with E-state index in [1.807, 2.05) is 18.2 Å². The maximum Gasteiger partial charge on any atom is 0.320 e. The quantitative estimate of drug-likeness (QED) is 0.866. The number of likely N-dealkylation sites (N-methyl/N-ethyl adjacent to an activating group) is 1. The van der Waals surface area contributed by atoms with Gasteiger partial charge >= 0.3 is 5.97 Å². The fraction of sp³-hybridized carbons (Fsp3) is 0.579. The van der Waals surface area contributed by atoms with Gasteiger partial charge < -0.3 is 15.2 Å². The molecule has 2 unspecified atom stereocenters. The molecule has 2 heterocycles. The molecule has 25 heavy (non-hydrogen) atoms. The van der Waals surface area contributed by atoms with Crippen LogP contribution in [0.25, 0.3) is 0 Å². The molecule has 136 valence electrons. The Morgan fingerprint density at radius 3 is 2.48 bits per heavy atom. The van der Waals surface area contributed by atoms with Gasteiger partial charge in [-0.2, -0.15) is 0 Å². The van der Waals surface area contributed by atoms with Crippen molar-refractivity contribution in [1.82, 2.24) is 10.2 Å². The zero-order valence-corrected chi connectivity index (χ0v) is 14.6. The molecule has 0 saturated carbocycles. The number of benzene rings is 1. The lowest BCUT2D eigenvalue weighted by Crippen LogP contribution is -2.54. The fourth-order valence-electron chi connectivity index (χ4n) is 3.97. The number of hydrogen-bond acceptors (Lipinski definition) is 4. The molecule has 0 aromatic heterocycles. The number of carboxylic acids is 1. The predicted molar refractivity (Wildman–Crippen MR) is 93.1 cm³/mol. The lowest BCUT2D eigenvalue weighted by Gasteiger charge is -2.41. The molecule has 0 spiro atoms. The average Bonchev–Trinajstić information content (AvgIpc) is 2.63. The van der Waals surface area contributed by atoms with Gasteiger partial charge in [-0.3, -0.25) is 14.5 Å². The highest BCUT2D eigenvalue weighted by Gasteiger charge is 2.39. The molecule has 0 aliphatic carbocycles. The van der Waals surface area contributed by atoms with E-state index in [0.717, 1.165) is 18.4 Å². The summed E-state index contributed by atoms with van der Waals surface area (Å²) in [6, 6.07) is 9.57. The normalized spacial score (nSPS) is 26.8. The van der Waals surface area contributed by atoms with Crippen LogP contribution in [0.4, 0.5) is 0 Å². The first-order chi connectivity index (χ1) is 12.0. The Kier molecular flexibility index (Phi) is 5.39. The van der Waals surface area contributed by atoms with Crippen LogP contribution in [-0.2, 0) is 19.9 Å². The standard InChI is InChI=1S/C19H26N2O4/c1-21-13-14(7-8-16(21)18(23)24)17(22)20-19(9-11-25-12-10-19)15-5-3-2-4-6-15/h2-6,14,16H,7-13H2,1H3,(H,20,22)(H,23,24). The van der Waals surface area contributed by atoms with Crippen LogP contribution in [-0.4, -0.2) is 54.7 Å². The van der Waals surface area contributed by atoms with Gasteiger partial charge in [0.15, 0.2) is 0 Å². The second kappa shape index (κ2) is 7.54. The number of carboxylic acid groups (broad SMARTS) is 1. The third kappa shape index (κ3) is 3.85. The zero-order valence-electron chi connectivity index (χ0n) is 14.6. The SMILES string of the molecule is CN1CC(C(=O)NC2(c3ccccc3)CCOCC2)CCC1C(=O)O. The summed E-state index contributed by atoms with van der Waals surface area (Å²) >= 11 is 0. The Morgan fingerprint density at radius 1 is 1.20 bits per heavy atom. The minimum absolute atomic E-state index is 0.0152. The van der Waals surface area contributed by atoms with Crippen molar-refractivity contribution in [3.63, 3.8) is 0 Å². The van der Waals surface area contributed by atoms with Crippen LogP contribution in [0.15, 0.2) is 30.3 Å². The lowest BCUT2D eigenvalue weighted by atomic mass is 9.81. The Balaban J connectivity index is 1.72. The number of nitrogens with zero attached hydrogens (tertiary/aromatic N) is 1. The molecule has 3 rings (SSSR count). The van der Waals surface area contributed by atoms with Crippen LogP contribution in [0.3, 0.4) is 0 Å². The van der Waals surface area contributed by atoms with Crippen LogP contribution in [0.5, 0.6) is 0 Å². The van der Waals surface area contributed by atoms with E-state index in [9.17, 15) is 14.7 Å². The largest absolute Gasteiger partial charge is 0.480 e. The molecule has 2 atom stereocenters. The molecule has 0 bridgehead atoms. The van der Waals surface area contributed by atoms with E-state index < -0.39 is 17.6 Å². The molecular formula is C19H26N2O4. The highest BCUT2D eigenvalue weighted by molar-refractivity contribution is 5.81. The van der Waals surface area contributed by atoms with Crippen molar-refractivity contribution >= 4 is 11.9 Å². The number of aliphatic carboxylic acids is 1. The minimum Gasteiger partial charge on any atom is -0.480 e. The second-order valence-corrected chi connectivity index (χ2v) is 7.12. The maximum absolute atomic E-state index is 12.9. The molecule has 2 aliphatic heterocycles. The van der Waals surface area contributed by atoms with Crippen molar-refractivity contribution in [2.24, 2.45) is 5.92 Å². The summed E-state index contributed by atoms with van der Waals surface area (Å²) in [4.78, 5) is 26.0. The van der Waals surface area contributed by atoms with Gasteiger partial charge in [0.1, 0.15) is 6.04 Å². The highest BCUT2D eigenvalue weighted by atomic mass is 16.5. The molecule has 2 fully saturated rings. The van der Waals surface area contributed by atoms with Crippen LogP contribution in [0.1, 0.15) is 31.2 Å². The second-order valence-electron chi connectivity index (χ2n) is 7.12. The Morgan fingerprint density at radius 2 is 1.88 bits per heavy atom. The van der Waals surface area contributed by atoms with Gasteiger partial charge in [-0.05, 0) is 38.3 Å². The van der Waals surface area contributed by atoms with Gasteiger partial charge in [-0.25, -0.2) is 0 Å². The van der Waals surface area contributed by atoms with Gasteiger partial charge in [0, 0.05) is 19.8 Å². The lowest BCUT2D eigenvalue weighted by molar-refractivity contribution is -0.146.